The molecule has 0 saturated heterocycles. The predicted molar refractivity (Wildman–Crippen MR) is 71.9 cm³/mol. The van der Waals surface area contributed by atoms with Crippen molar-refractivity contribution in [3.05, 3.63) is 29.6 Å². The third kappa shape index (κ3) is 2.41. The lowest BCUT2D eigenvalue weighted by Crippen LogP contribution is -2.49. The number of aryl methyl sites for hydroxylation is 1. The molecular weight excluding hydrogens is 226 g/mol. The van der Waals surface area contributed by atoms with E-state index in [-0.39, 0.29) is 11.6 Å². The van der Waals surface area contributed by atoms with Crippen LogP contribution in [0.25, 0.3) is 0 Å². The first-order valence-corrected chi connectivity index (χ1v) is 6.65. The van der Waals surface area contributed by atoms with Gasteiger partial charge in [-0.3, -0.25) is 10.8 Å². The molecule has 1 aliphatic rings. The van der Waals surface area contributed by atoms with Gasteiger partial charge < -0.3 is 4.74 Å². The van der Waals surface area contributed by atoms with E-state index in [2.05, 4.69) is 17.3 Å². The highest BCUT2D eigenvalue weighted by Gasteiger charge is 2.41. The Morgan fingerprint density at radius 2 is 2.11 bits per heavy atom. The Bertz CT molecular complexity index is 388. The smallest absolute Gasteiger partial charge is 0.0886 e. The molecule has 1 atom stereocenters. The van der Waals surface area contributed by atoms with Gasteiger partial charge in [-0.05, 0) is 37.0 Å². The minimum atomic E-state index is -0.194. The molecule has 0 spiro atoms. The lowest BCUT2D eigenvalue weighted by atomic mass is 9.76. The predicted octanol–water partition coefficient (Wildman–Crippen LogP) is 2.24. The van der Waals surface area contributed by atoms with E-state index < -0.39 is 0 Å². The molecule has 100 valence electrons. The summed E-state index contributed by atoms with van der Waals surface area (Å²) in [7, 11) is 1.79. The highest BCUT2D eigenvalue weighted by molar-refractivity contribution is 5.28. The molecule has 1 heterocycles. The third-order valence-electron chi connectivity index (χ3n) is 4.19. The molecule has 4 heteroatoms. The number of rotatable bonds is 4. The van der Waals surface area contributed by atoms with Gasteiger partial charge in [0.2, 0.25) is 0 Å². The van der Waals surface area contributed by atoms with E-state index in [1.54, 1.807) is 7.11 Å². The molecular formula is C14H23N3O. The first-order chi connectivity index (χ1) is 8.73. The van der Waals surface area contributed by atoms with Crippen LogP contribution in [0.1, 0.15) is 49.3 Å². The first-order valence-electron chi connectivity index (χ1n) is 6.65. The molecule has 0 radical (unpaired) electrons. The van der Waals surface area contributed by atoms with Crippen molar-refractivity contribution in [2.24, 2.45) is 5.84 Å². The number of hydrogen-bond acceptors (Lipinski definition) is 4. The second-order valence-electron chi connectivity index (χ2n) is 5.16. The molecule has 4 nitrogen and oxygen atoms in total. The number of hydrazine groups is 1. The lowest BCUT2D eigenvalue weighted by Gasteiger charge is -2.42. The van der Waals surface area contributed by atoms with Gasteiger partial charge in [-0.1, -0.05) is 19.3 Å². The topological polar surface area (TPSA) is 60.2 Å². The largest absolute Gasteiger partial charge is 0.376 e. The molecule has 1 unspecified atom stereocenters. The SMILES string of the molecule is COC1(C(NN)c2cnccc2C)CCCCC1. The summed E-state index contributed by atoms with van der Waals surface area (Å²) < 4.78 is 5.87. The standard InChI is InChI=1S/C14H23N3O/c1-11-6-9-16-10-12(11)13(17-15)14(18-2)7-4-3-5-8-14/h6,9-10,13,17H,3-5,7-8,15H2,1-2H3. The molecule has 0 aromatic carbocycles. The van der Waals surface area contributed by atoms with E-state index in [9.17, 15) is 0 Å². The van der Waals surface area contributed by atoms with Gasteiger partial charge in [0.25, 0.3) is 0 Å². The number of methoxy groups -OCH3 is 1. The maximum absolute atomic E-state index is 5.87. The lowest BCUT2D eigenvalue weighted by molar-refractivity contribution is -0.0690. The summed E-state index contributed by atoms with van der Waals surface area (Å²) in [4.78, 5) is 4.22. The fraction of sp³-hybridized carbons (Fsp3) is 0.643. The second kappa shape index (κ2) is 5.78. The van der Waals surface area contributed by atoms with Crippen LogP contribution in [0.15, 0.2) is 18.5 Å². The Labute approximate surface area is 109 Å². The van der Waals surface area contributed by atoms with Crippen molar-refractivity contribution in [2.75, 3.05) is 7.11 Å². The highest BCUT2D eigenvalue weighted by atomic mass is 16.5. The first kappa shape index (κ1) is 13.5. The van der Waals surface area contributed by atoms with Crippen LogP contribution in [0.3, 0.4) is 0 Å². The molecule has 1 aromatic rings. The molecule has 1 aliphatic carbocycles. The van der Waals surface area contributed by atoms with Crippen molar-refractivity contribution in [3.8, 4) is 0 Å². The number of aromatic nitrogens is 1. The van der Waals surface area contributed by atoms with E-state index in [1.807, 2.05) is 18.5 Å². The van der Waals surface area contributed by atoms with E-state index in [4.69, 9.17) is 10.6 Å². The summed E-state index contributed by atoms with van der Waals surface area (Å²) in [5.74, 6) is 5.81. The molecule has 1 fully saturated rings. The van der Waals surface area contributed by atoms with Gasteiger partial charge >= 0.3 is 0 Å². The molecule has 0 aliphatic heterocycles. The summed E-state index contributed by atoms with van der Waals surface area (Å²) in [5.41, 5.74) is 5.11. The summed E-state index contributed by atoms with van der Waals surface area (Å²) in [5, 5.41) is 0. The van der Waals surface area contributed by atoms with E-state index in [0.29, 0.717) is 0 Å². The Kier molecular flexibility index (Phi) is 4.32. The van der Waals surface area contributed by atoms with Crippen LogP contribution < -0.4 is 11.3 Å². The Balaban J connectivity index is 2.34. The average Bonchev–Trinajstić information content (AvgIpc) is 2.43. The zero-order valence-corrected chi connectivity index (χ0v) is 11.3. The summed E-state index contributed by atoms with van der Waals surface area (Å²) in [6.45, 7) is 2.09. The maximum Gasteiger partial charge on any atom is 0.0886 e. The molecule has 1 saturated carbocycles. The van der Waals surface area contributed by atoms with E-state index >= 15 is 0 Å². The minimum absolute atomic E-state index is 0.0106. The average molecular weight is 249 g/mol. The fourth-order valence-electron chi connectivity index (χ4n) is 3.06. The van der Waals surface area contributed by atoms with Crippen LogP contribution in [0, 0.1) is 6.92 Å². The number of ether oxygens (including phenoxy) is 1. The quantitative estimate of drug-likeness (QED) is 0.634. The van der Waals surface area contributed by atoms with Crippen LogP contribution in [-0.2, 0) is 4.74 Å². The number of nitrogens with zero attached hydrogens (tertiary/aromatic N) is 1. The van der Waals surface area contributed by atoms with Gasteiger partial charge in [0.05, 0.1) is 11.6 Å². The molecule has 0 bridgehead atoms. The number of hydrogen-bond donors (Lipinski definition) is 2. The number of nitrogens with two attached hydrogens (primary N) is 1. The molecule has 18 heavy (non-hydrogen) atoms. The molecule has 0 amide bonds. The Morgan fingerprint density at radius 1 is 1.39 bits per heavy atom. The monoisotopic (exact) mass is 249 g/mol. The second-order valence-corrected chi connectivity index (χ2v) is 5.16. The molecule has 2 rings (SSSR count). The van der Waals surface area contributed by atoms with Gasteiger partial charge in [0, 0.05) is 19.5 Å². The maximum atomic E-state index is 5.87. The highest BCUT2D eigenvalue weighted by Crippen LogP contribution is 2.41. The van der Waals surface area contributed by atoms with Crippen LogP contribution in [0.5, 0.6) is 0 Å². The van der Waals surface area contributed by atoms with E-state index in [1.165, 1.54) is 24.8 Å². The Morgan fingerprint density at radius 3 is 2.67 bits per heavy atom. The summed E-state index contributed by atoms with van der Waals surface area (Å²) in [6, 6.07) is 2.03. The summed E-state index contributed by atoms with van der Waals surface area (Å²) in [6.07, 6.45) is 9.49. The summed E-state index contributed by atoms with van der Waals surface area (Å²) >= 11 is 0. The zero-order chi connectivity index (χ0) is 13.0. The Hall–Kier alpha value is -0.970. The van der Waals surface area contributed by atoms with Crippen molar-refractivity contribution in [1.82, 2.24) is 10.4 Å². The van der Waals surface area contributed by atoms with Crippen LogP contribution >= 0.6 is 0 Å². The molecule has 1 aromatic heterocycles. The zero-order valence-electron chi connectivity index (χ0n) is 11.3. The van der Waals surface area contributed by atoms with Gasteiger partial charge in [0.15, 0.2) is 0 Å². The normalized spacial score (nSPS) is 20.6. The van der Waals surface area contributed by atoms with Crippen molar-refractivity contribution < 1.29 is 4.74 Å². The van der Waals surface area contributed by atoms with Crippen molar-refractivity contribution in [1.29, 1.82) is 0 Å². The third-order valence-corrected chi connectivity index (χ3v) is 4.19. The van der Waals surface area contributed by atoms with Gasteiger partial charge in [-0.2, -0.15) is 0 Å². The van der Waals surface area contributed by atoms with Crippen LogP contribution in [-0.4, -0.2) is 17.7 Å². The van der Waals surface area contributed by atoms with Crippen LogP contribution in [0.2, 0.25) is 0 Å². The van der Waals surface area contributed by atoms with Crippen molar-refractivity contribution in [2.45, 2.75) is 50.7 Å². The fourth-order valence-corrected chi connectivity index (χ4v) is 3.06. The number of nitrogens with one attached hydrogen (secondary N) is 1. The van der Waals surface area contributed by atoms with Gasteiger partial charge in [0.1, 0.15) is 0 Å². The van der Waals surface area contributed by atoms with Crippen LogP contribution in [0.4, 0.5) is 0 Å². The van der Waals surface area contributed by atoms with Crippen molar-refractivity contribution >= 4 is 0 Å². The van der Waals surface area contributed by atoms with Gasteiger partial charge in [-0.25, -0.2) is 5.43 Å². The molecule has 3 N–H and O–H groups in total. The van der Waals surface area contributed by atoms with Gasteiger partial charge in [-0.15, -0.1) is 0 Å². The van der Waals surface area contributed by atoms with E-state index in [0.717, 1.165) is 18.4 Å². The van der Waals surface area contributed by atoms with Crippen molar-refractivity contribution in [3.63, 3.8) is 0 Å². The minimum Gasteiger partial charge on any atom is -0.376 e. The number of pyridine rings is 1.